The van der Waals surface area contributed by atoms with Crippen LogP contribution in [0.2, 0.25) is 0 Å². The number of rotatable bonds is 9. The molecule has 2 aromatic heterocycles. The second-order valence-corrected chi connectivity index (χ2v) is 7.12. The lowest BCUT2D eigenvalue weighted by atomic mass is 9.97. The van der Waals surface area contributed by atoms with Crippen molar-refractivity contribution >= 4 is 17.7 Å². The summed E-state index contributed by atoms with van der Waals surface area (Å²) in [6.07, 6.45) is 11.6. The topological polar surface area (TPSA) is 73.0 Å². The molecule has 2 aromatic rings. The van der Waals surface area contributed by atoms with Gasteiger partial charge in [0.25, 0.3) is 0 Å². The Kier molecular flexibility index (Phi) is 6.71. The van der Waals surface area contributed by atoms with Gasteiger partial charge in [0.2, 0.25) is 11.7 Å². The molecule has 3 rings (SSSR count). The van der Waals surface area contributed by atoms with Gasteiger partial charge in [0.15, 0.2) is 10.9 Å². The third kappa shape index (κ3) is 4.88. The van der Waals surface area contributed by atoms with Crippen molar-refractivity contribution in [1.29, 1.82) is 0 Å². The summed E-state index contributed by atoms with van der Waals surface area (Å²) in [5.41, 5.74) is 1.47. The number of carbonyl (C=O) groups is 1. The summed E-state index contributed by atoms with van der Waals surface area (Å²) in [4.78, 5) is 12.1. The summed E-state index contributed by atoms with van der Waals surface area (Å²) in [6.45, 7) is 5.03. The third-order valence-corrected chi connectivity index (χ3v) is 5.22. The molecule has 6 nitrogen and oxygen atoms in total. The van der Waals surface area contributed by atoms with Crippen LogP contribution in [0.3, 0.4) is 0 Å². The molecule has 0 saturated heterocycles. The number of thioether (sulfide) groups is 1. The summed E-state index contributed by atoms with van der Waals surface area (Å²) in [5.74, 6) is 1.62. The van der Waals surface area contributed by atoms with E-state index in [1.807, 2.05) is 16.7 Å². The summed E-state index contributed by atoms with van der Waals surface area (Å²) in [7, 11) is 0. The van der Waals surface area contributed by atoms with Gasteiger partial charge in [0, 0.05) is 13.1 Å². The molecule has 1 N–H and O–H groups in total. The molecule has 1 aliphatic rings. The second-order valence-electron chi connectivity index (χ2n) is 6.18. The van der Waals surface area contributed by atoms with E-state index in [-0.39, 0.29) is 5.91 Å². The zero-order valence-electron chi connectivity index (χ0n) is 14.8. The molecule has 0 radical (unpaired) electrons. The van der Waals surface area contributed by atoms with Crippen LogP contribution >= 0.6 is 11.8 Å². The van der Waals surface area contributed by atoms with E-state index in [0.29, 0.717) is 35.6 Å². The molecule has 0 aromatic carbocycles. The van der Waals surface area contributed by atoms with Crippen LogP contribution in [0.15, 0.2) is 52.3 Å². The smallest absolute Gasteiger partial charge is 0.230 e. The Hall–Kier alpha value is -2.28. The quantitative estimate of drug-likeness (QED) is 0.535. The summed E-state index contributed by atoms with van der Waals surface area (Å²) in [5, 5.41) is 12.1. The van der Waals surface area contributed by atoms with Crippen molar-refractivity contribution in [3.8, 4) is 11.6 Å². The Morgan fingerprint density at radius 3 is 3.08 bits per heavy atom. The summed E-state index contributed by atoms with van der Waals surface area (Å²) >= 11 is 1.37. The van der Waals surface area contributed by atoms with Crippen LogP contribution in [0.25, 0.3) is 11.6 Å². The monoisotopic (exact) mass is 372 g/mol. The standard InChI is InChI=1S/C19H24N4O2S/c1-2-12-23-18(16-9-6-13-25-16)21-22-19(23)26-14-17(24)20-11-10-15-7-4-3-5-8-15/h2,6-7,9,13H,1,3-5,8,10-12,14H2,(H,20,24). The Bertz CT molecular complexity index is 765. The molecule has 1 amide bonds. The third-order valence-electron chi connectivity index (χ3n) is 4.26. The van der Waals surface area contributed by atoms with E-state index in [9.17, 15) is 4.79 Å². The average Bonchev–Trinajstić information content (AvgIpc) is 3.31. The van der Waals surface area contributed by atoms with E-state index in [2.05, 4.69) is 28.2 Å². The van der Waals surface area contributed by atoms with Crippen LogP contribution in [0, 0.1) is 0 Å². The Balaban J connectivity index is 1.51. The predicted octanol–water partition coefficient (Wildman–Crippen LogP) is 3.82. The van der Waals surface area contributed by atoms with Gasteiger partial charge in [-0.15, -0.1) is 16.8 Å². The van der Waals surface area contributed by atoms with Gasteiger partial charge in [0.1, 0.15) is 0 Å². The number of aromatic nitrogens is 3. The number of hydrogen-bond acceptors (Lipinski definition) is 5. The van der Waals surface area contributed by atoms with Gasteiger partial charge >= 0.3 is 0 Å². The number of carbonyl (C=O) groups excluding carboxylic acids is 1. The molecule has 2 heterocycles. The highest BCUT2D eigenvalue weighted by Crippen LogP contribution is 2.24. The summed E-state index contributed by atoms with van der Waals surface area (Å²) in [6, 6.07) is 3.65. The lowest BCUT2D eigenvalue weighted by molar-refractivity contribution is -0.118. The maximum Gasteiger partial charge on any atom is 0.230 e. The maximum atomic E-state index is 12.1. The average molecular weight is 372 g/mol. The van der Waals surface area contributed by atoms with Crippen molar-refractivity contribution in [2.75, 3.05) is 12.3 Å². The van der Waals surface area contributed by atoms with Crippen LogP contribution in [-0.2, 0) is 11.3 Å². The van der Waals surface area contributed by atoms with E-state index in [1.54, 1.807) is 12.3 Å². The fraction of sp³-hybridized carbons (Fsp3) is 0.421. The lowest BCUT2D eigenvalue weighted by Crippen LogP contribution is -2.26. The first kappa shape index (κ1) is 18.5. The van der Waals surface area contributed by atoms with Crippen LogP contribution in [0.5, 0.6) is 0 Å². The van der Waals surface area contributed by atoms with Crippen molar-refractivity contribution in [2.24, 2.45) is 0 Å². The Morgan fingerprint density at radius 1 is 1.42 bits per heavy atom. The molecule has 1 aliphatic carbocycles. The molecule has 0 aliphatic heterocycles. The molecule has 7 heteroatoms. The lowest BCUT2D eigenvalue weighted by Gasteiger charge is -2.12. The Labute approximate surface area is 157 Å². The molecular formula is C19H24N4O2S. The van der Waals surface area contributed by atoms with E-state index in [1.165, 1.54) is 43.0 Å². The molecule has 0 atom stereocenters. The SMILES string of the molecule is C=CCn1c(SCC(=O)NCCC2=CCCCC2)nnc1-c1ccco1. The van der Waals surface area contributed by atoms with Gasteiger partial charge in [-0.1, -0.05) is 29.5 Å². The fourth-order valence-electron chi connectivity index (χ4n) is 2.95. The molecule has 138 valence electrons. The number of allylic oxidation sites excluding steroid dienone is 2. The van der Waals surface area contributed by atoms with Crippen molar-refractivity contribution < 1.29 is 9.21 Å². The van der Waals surface area contributed by atoms with Crippen LogP contribution in [0.1, 0.15) is 32.1 Å². The van der Waals surface area contributed by atoms with Crippen LogP contribution in [0.4, 0.5) is 0 Å². The molecule has 26 heavy (non-hydrogen) atoms. The largest absolute Gasteiger partial charge is 0.461 e. The molecule has 0 unspecified atom stereocenters. The highest BCUT2D eigenvalue weighted by Gasteiger charge is 2.16. The fourth-order valence-corrected chi connectivity index (χ4v) is 3.73. The molecular weight excluding hydrogens is 348 g/mol. The van der Waals surface area contributed by atoms with E-state index >= 15 is 0 Å². The van der Waals surface area contributed by atoms with E-state index in [0.717, 1.165) is 6.42 Å². The van der Waals surface area contributed by atoms with Gasteiger partial charge in [-0.25, -0.2) is 0 Å². The first-order valence-electron chi connectivity index (χ1n) is 8.93. The van der Waals surface area contributed by atoms with Crippen molar-refractivity contribution in [3.63, 3.8) is 0 Å². The molecule has 0 bridgehead atoms. The maximum absolute atomic E-state index is 12.1. The minimum absolute atomic E-state index is 0.0131. The van der Waals surface area contributed by atoms with Crippen LogP contribution in [-0.4, -0.2) is 33.0 Å². The highest BCUT2D eigenvalue weighted by atomic mass is 32.2. The molecule has 0 spiro atoms. The Morgan fingerprint density at radius 2 is 2.35 bits per heavy atom. The van der Waals surface area contributed by atoms with Crippen molar-refractivity contribution in [3.05, 3.63) is 42.7 Å². The van der Waals surface area contributed by atoms with E-state index < -0.39 is 0 Å². The van der Waals surface area contributed by atoms with E-state index in [4.69, 9.17) is 4.42 Å². The van der Waals surface area contributed by atoms with Gasteiger partial charge < -0.3 is 9.73 Å². The zero-order valence-corrected chi connectivity index (χ0v) is 15.6. The molecule has 0 fully saturated rings. The number of hydrogen-bond donors (Lipinski definition) is 1. The first-order valence-corrected chi connectivity index (χ1v) is 9.92. The van der Waals surface area contributed by atoms with Gasteiger partial charge in [0.05, 0.1) is 12.0 Å². The van der Waals surface area contributed by atoms with Crippen molar-refractivity contribution in [2.45, 2.75) is 43.8 Å². The first-order chi connectivity index (χ1) is 12.8. The molecule has 0 saturated carbocycles. The predicted molar refractivity (Wildman–Crippen MR) is 103 cm³/mol. The number of furan rings is 1. The zero-order chi connectivity index (χ0) is 18.2. The summed E-state index contributed by atoms with van der Waals surface area (Å²) < 4.78 is 7.30. The van der Waals surface area contributed by atoms with Crippen LogP contribution < -0.4 is 5.32 Å². The minimum Gasteiger partial charge on any atom is -0.461 e. The van der Waals surface area contributed by atoms with Gasteiger partial charge in [-0.05, 0) is 44.2 Å². The highest BCUT2D eigenvalue weighted by molar-refractivity contribution is 7.99. The number of amides is 1. The normalized spacial score (nSPS) is 14.1. The van der Waals surface area contributed by atoms with Gasteiger partial charge in [-0.3, -0.25) is 9.36 Å². The number of nitrogens with one attached hydrogen (secondary N) is 1. The second kappa shape index (κ2) is 9.43. The van der Waals surface area contributed by atoms with Crippen molar-refractivity contribution in [1.82, 2.24) is 20.1 Å². The van der Waals surface area contributed by atoms with Gasteiger partial charge in [-0.2, -0.15) is 0 Å². The minimum atomic E-state index is 0.0131. The number of nitrogens with zero attached hydrogens (tertiary/aromatic N) is 3.